The van der Waals surface area contributed by atoms with E-state index in [-0.39, 0.29) is 0 Å². The highest BCUT2D eigenvalue weighted by Gasteiger charge is 2.08. The molecule has 1 aromatic carbocycles. The summed E-state index contributed by atoms with van der Waals surface area (Å²) in [7, 11) is 2.02. The Hall–Kier alpha value is -1.23. The molecule has 0 aliphatic rings. The molecular formula is C14H11Cl2N3S. The number of pyridine rings is 1. The number of thioether (sulfide) groups is 1. The van der Waals surface area contributed by atoms with E-state index in [2.05, 4.69) is 20.6 Å². The Morgan fingerprint density at radius 1 is 1.10 bits per heavy atom. The topological polar surface area (TPSA) is 30.7 Å². The molecule has 3 aromatic rings. The van der Waals surface area contributed by atoms with Crippen LogP contribution in [0.1, 0.15) is 5.56 Å². The van der Waals surface area contributed by atoms with E-state index in [9.17, 15) is 0 Å². The van der Waals surface area contributed by atoms with Crippen molar-refractivity contribution >= 4 is 46.0 Å². The zero-order valence-corrected chi connectivity index (χ0v) is 13.0. The van der Waals surface area contributed by atoms with Gasteiger partial charge in [0.1, 0.15) is 10.3 Å². The van der Waals surface area contributed by atoms with Crippen molar-refractivity contribution in [2.75, 3.05) is 0 Å². The SMILES string of the molecule is Cn1c(SCc2cc(Cl)nc(Cl)c2)nc2ccccc21. The van der Waals surface area contributed by atoms with Gasteiger partial charge in [0.05, 0.1) is 11.0 Å². The van der Waals surface area contributed by atoms with Crippen molar-refractivity contribution < 1.29 is 0 Å². The lowest BCUT2D eigenvalue weighted by Crippen LogP contribution is -1.91. The molecule has 0 aliphatic heterocycles. The van der Waals surface area contributed by atoms with Gasteiger partial charge in [-0.15, -0.1) is 0 Å². The van der Waals surface area contributed by atoms with Crippen molar-refractivity contribution in [3.8, 4) is 0 Å². The van der Waals surface area contributed by atoms with Crippen LogP contribution in [0.5, 0.6) is 0 Å². The second-order valence-corrected chi connectivity index (χ2v) is 6.07. The third-order valence-corrected chi connectivity index (χ3v) is 4.42. The van der Waals surface area contributed by atoms with Gasteiger partial charge in [-0.05, 0) is 29.8 Å². The minimum absolute atomic E-state index is 0.415. The second-order valence-electron chi connectivity index (χ2n) is 4.35. The number of hydrogen-bond donors (Lipinski definition) is 0. The highest BCUT2D eigenvalue weighted by atomic mass is 35.5. The molecule has 3 nitrogen and oxygen atoms in total. The first-order chi connectivity index (χ1) is 9.63. The number of fused-ring (bicyclic) bond motifs is 1. The molecule has 6 heteroatoms. The van der Waals surface area contributed by atoms with Crippen LogP contribution in [0.15, 0.2) is 41.6 Å². The molecule has 0 N–H and O–H groups in total. The number of rotatable bonds is 3. The maximum atomic E-state index is 5.90. The van der Waals surface area contributed by atoms with Crippen molar-refractivity contribution in [1.82, 2.24) is 14.5 Å². The fourth-order valence-electron chi connectivity index (χ4n) is 2.00. The zero-order valence-electron chi connectivity index (χ0n) is 10.7. The molecule has 0 bridgehead atoms. The van der Waals surface area contributed by atoms with Crippen LogP contribution in [0.25, 0.3) is 11.0 Å². The molecule has 0 aliphatic carbocycles. The maximum absolute atomic E-state index is 5.90. The van der Waals surface area contributed by atoms with Crippen molar-refractivity contribution in [2.24, 2.45) is 7.05 Å². The van der Waals surface area contributed by atoms with Gasteiger partial charge >= 0.3 is 0 Å². The highest BCUT2D eigenvalue weighted by Crippen LogP contribution is 2.27. The standard InChI is InChI=1S/C14H11Cl2N3S/c1-19-11-5-3-2-4-10(11)17-14(19)20-8-9-6-12(15)18-13(16)7-9/h2-7H,8H2,1H3. The summed E-state index contributed by atoms with van der Waals surface area (Å²) >= 11 is 13.5. The minimum atomic E-state index is 0.415. The van der Waals surface area contributed by atoms with Crippen LogP contribution < -0.4 is 0 Å². The van der Waals surface area contributed by atoms with E-state index in [0.717, 1.165) is 27.5 Å². The molecular weight excluding hydrogens is 313 g/mol. The molecule has 2 aromatic heterocycles. The van der Waals surface area contributed by atoms with Gasteiger partial charge in [0.15, 0.2) is 5.16 Å². The summed E-state index contributed by atoms with van der Waals surface area (Å²) in [4.78, 5) is 8.56. The Morgan fingerprint density at radius 3 is 2.50 bits per heavy atom. The summed E-state index contributed by atoms with van der Waals surface area (Å²) < 4.78 is 2.09. The van der Waals surface area contributed by atoms with E-state index in [0.29, 0.717) is 10.3 Å². The molecule has 0 radical (unpaired) electrons. The number of hydrogen-bond acceptors (Lipinski definition) is 3. The van der Waals surface area contributed by atoms with Crippen LogP contribution in [-0.2, 0) is 12.8 Å². The number of benzene rings is 1. The van der Waals surface area contributed by atoms with Crippen LogP contribution in [0, 0.1) is 0 Å². The molecule has 0 saturated heterocycles. The molecule has 0 fully saturated rings. The maximum Gasteiger partial charge on any atom is 0.169 e. The predicted octanol–water partition coefficient (Wildman–Crippen LogP) is 4.57. The molecule has 102 valence electrons. The van der Waals surface area contributed by atoms with Crippen molar-refractivity contribution in [2.45, 2.75) is 10.9 Å². The Labute approximate surface area is 130 Å². The molecule has 20 heavy (non-hydrogen) atoms. The molecule has 2 heterocycles. The fourth-order valence-corrected chi connectivity index (χ4v) is 3.42. The van der Waals surface area contributed by atoms with E-state index in [4.69, 9.17) is 23.2 Å². The van der Waals surface area contributed by atoms with Gasteiger partial charge in [0.25, 0.3) is 0 Å². The Morgan fingerprint density at radius 2 is 1.80 bits per heavy atom. The Bertz CT molecular complexity index is 750. The summed E-state index contributed by atoms with van der Waals surface area (Å²) in [6.45, 7) is 0. The quantitative estimate of drug-likeness (QED) is 0.522. The predicted molar refractivity (Wildman–Crippen MR) is 84.5 cm³/mol. The average Bonchev–Trinajstić information content (AvgIpc) is 2.73. The van der Waals surface area contributed by atoms with Crippen LogP contribution in [0.4, 0.5) is 0 Å². The minimum Gasteiger partial charge on any atom is -0.322 e. The number of nitrogens with zero attached hydrogens (tertiary/aromatic N) is 3. The second kappa shape index (κ2) is 5.64. The molecule has 0 amide bonds. The Balaban J connectivity index is 1.84. The van der Waals surface area contributed by atoms with Crippen LogP contribution in [-0.4, -0.2) is 14.5 Å². The lowest BCUT2D eigenvalue weighted by molar-refractivity contribution is 0.815. The van der Waals surface area contributed by atoms with Gasteiger partial charge in [0, 0.05) is 12.8 Å². The van der Waals surface area contributed by atoms with E-state index in [1.165, 1.54) is 0 Å². The van der Waals surface area contributed by atoms with Gasteiger partial charge in [0.2, 0.25) is 0 Å². The largest absolute Gasteiger partial charge is 0.322 e. The first kappa shape index (κ1) is 13.7. The van der Waals surface area contributed by atoms with Gasteiger partial charge in [-0.3, -0.25) is 0 Å². The highest BCUT2D eigenvalue weighted by molar-refractivity contribution is 7.98. The first-order valence-corrected chi connectivity index (χ1v) is 7.74. The van der Waals surface area contributed by atoms with Crippen molar-refractivity contribution in [3.05, 3.63) is 52.3 Å². The average molecular weight is 324 g/mol. The number of aryl methyl sites for hydroxylation is 1. The Kier molecular flexibility index (Phi) is 3.87. The van der Waals surface area contributed by atoms with E-state index in [1.807, 2.05) is 37.4 Å². The molecule has 0 spiro atoms. The molecule has 0 saturated carbocycles. The van der Waals surface area contributed by atoms with E-state index in [1.54, 1.807) is 11.8 Å². The fraction of sp³-hybridized carbons (Fsp3) is 0.143. The smallest absolute Gasteiger partial charge is 0.169 e. The third-order valence-electron chi connectivity index (χ3n) is 2.94. The molecule has 3 rings (SSSR count). The van der Waals surface area contributed by atoms with Gasteiger partial charge in [-0.1, -0.05) is 47.1 Å². The lowest BCUT2D eigenvalue weighted by Gasteiger charge is -2.03. The number of halogens is 2. The summed E-state index contributed by atoms with van der Waals surface area (Å²) in [5, 5.41) is 1.80. The third kappa shape index (κ3) is 2.77. The van der Waals surface area contributed by atoms with E-state index >= 15 is 0 Å². The molecule has 0 unspecified atom stereocenters. The normalized spacial score (nSPS) is 11.2. The van der Waals surface area contributed by atoms with Gasteiger partial charge < -0.3 is 4.57 Å². The number of para-hydroxylation sites is 2. The summed E-state index contributed by atoms with van der Waals surface area (Å²) in [6.07, 6.45) is 0. The monoisotopic (exact) mass is 323 g/mol. The van der Waals surface area contributed by atoms with Gasteiger partial charge in [-0.25, -0.2) is 9.97 Å². The van der Waals surface area contributed by atoms with Crippen LogP contribution in [0.2, 0.25) is 10.3 Å². The summed E-state index contributed by atoms with van der Waals surface area (Å²) in [6, 6.07) is 11.7. The molecule has 0 atom stereocenters. The van der Waals surface area contributed by atoms with Crippen molar-refractivity contribution in [3.63, 3.8) is 0 Å². The van der Waals surface area contributed by atoms with Crippen LogP contribution in [0.3, 0.4) is 0 Å². The van der Waals surface area contributed by atoms with Crippen molar-refractivity contribution in [1.29, 1.82) is 0 Å². The summed E-state index contributed by atoms with van der Waals surface area (Å²) in [5.41, 5.74) is 3.16. The number of imidazole rings is 1. The van der Waals surface area contributed by atoms with E-state index < -0.39 is 0 Å². The number of aromatic nitrogens is 3. The zero-order chi connectivity index (χ0) is 14.1. The first-order valence-electron chi connectivity index (χ1n) is 6.00. The lowest BCUT2D eigenvalue weighted by atomic mass is 10.3. The van der Waals surface area contributed by atoms with Gasteiger partial charge in [-0.2, -0.15) is 0 Å². The summed E-state index contributed by atoms with van der Waals surface area (Å²) in [5.74, 6) is 0.749. The van der Waals surface area contributed by atoms with Crippen LogP contribution >= 0.6 is 35.0 Å².